The number of likely N-dealkylation sites (tertiary alicyclic amines) is 1. The lowest BCUT2D eigenvalue weighted by molar-refractivity contribution is 0.0601. The molecule has 0 radical (unpaired) electrons. The number of piperidine rings is 1. The van der Waals surface area contributed by atoms with Crippen LogP contribution in [0.5, 0.6) is 0 Å². The van der Waals surface area contributed by atoms with E-state index in [0.717, 1.165) is 36.8 Å². The van der Waals surface area contributed by atoms with Gasteiger partial charge in [-0.15, -0.1) is 0 Å². The van der Waals surface area contributed by atoms with E-state index in [0.29, 0.717) is 23.7 Å². The van der Waals surface area contributed by atoms with Crippen LogP contribution < -0.4 is 0 Å². The number of hydrogen-bond donors (Lipinski definition) is 1. The fourth-order valence-electron chi connectivity index (χ4n) is 3.87. The summed E-state index contributed by atoms with van der Waals surface area (Å²) in [4.78, 5) is 21.5. The van der Waals surface area contributed by atoms with Gasteiger partial charge < -0.3 is 9.72 Å². The van der Waals surface area contributed by atoms with Crippen LogP contribution in [0.25, 0.3) is 10.9 Å². The molecule has 2 aromatic heterocycles. The molecule has 6 heteroatoms. The summed E-state index contributed by atoms with van der Waals surface area (Å²) in [5, 5.41) is 1.08. The van der Waals surface area contributed by atoms with Crippen molar-refractivity contribution < 1.29 is 13.9 Å². The van der Waals surface area contributed by atoms with Crippen molar-refractivity contribution in [3.05, 3.63) is 65.4 Å². The maximum Gasteiger partial charge on any atom is 0.337 e. The number of esters is 1. The van der Waals surface area contributed by atoms with E-state index in [4.69, 9.17) is 4.74 Å². The van der Waals surface area contributed by atoms with Gasteiger partial charge in [-0.3, -0.25) is 9.88 Å². The summed E-state index contributed by atoms with van der Waals surface area (Å²) in [6.45, 7) is 2.33. The second-order valence-corrected chi connectivity index (χ2v) is 6.98. The van der Waals surface area contributed by atoms with Crippen LogP contribution in [0.15, 0.2) is 42.7 Å². The van der Waals surface area contributed by atoms with Gasteiger partial charge in [0.05, 0.1) is 18.4 Å². The molecule has 1 aromatic carbocycles. The Morgan fingerprint density at radius 3 is 2.89 bits per heavy atom. The highest BCUT2D eigenvalue weighted by molar-refractivity contribution is 5.95. The number of fused-ring (bicyclic) bond motifs is 1. The number of H-pyrrole nitrogens is 1. The number of benzene rings is 1. The molecule has 0 saturated carbocycles. The molecule has 27 heavy (non-hydrogen) atoms. The van der Waals surface area contributed by atoms with E-state index in [9.17, 15) is 9.18 Å². The zero-order valence-electron chi connectivity index (χ0n) is 15.2. The summed E-state index contributed by atoms with van der Waals surface area (Å²) in [6.07, 6.45) is 5.66. The first-order chi connectivity index (χ1) is 13.2. The van der Waals surface area contributed by atoms with Crippen LogP contribution in [0, 0.1) is 5.82 Å². The average Bonchev–Trinajstić information content (AvgIpc) is 3.13. The maximum absolute atomic E-state index is 13.8. The summed E-state index contributed by atoms with van der Waals surface area (Å²) in [7, 11) is 1.39. The van der Waals surface area contributed by atoms with Gasteiger partial charge in [-0.25, -0.2) is 9.18 Å². The average molecular weight is 367 g/mol. The molecule has 3 aromatic rings. The van der Waals surface area contributed by atoms with Gasteiger partial charge >= 0.3 is 5.97 Å². The molecule has 140 valence electrons. The molecular formula is C21H22FN3O2. The van der Waals surface area contributed by atoms with E-state index in [1.807, 2.05) is 18.3 Å². The summed E-state index contributed by atoms with van der Waals surface area (Å²) in [6, 6.07) is 8.68. The number of carbonyl (C=O) groups is 1. The molecule has 0 aliphatic carbocycles. The minimum absolute atomic E-state index is 0.244. The lowest BCUT2D eigenvalue weighted by Gasteiger charge is -2.31. The van der Waals surface area contributed by atoms with Crippen LogP contribution in [0.2, 0.25) is 0 Å². The number of ether oxygens (including phenoxy) is 1. The summed E-state index contributed by atoms with van der Waals surface area (Å²) in [5.74, 6) is -0.153. The van der Waals surface area contributed by atoms with Crippen molar-refractivity contribution in [1.29, 1.82) is 0 Å². The Labute approximate surface area is 157 Å². The SMILES string of the molecule is COC(=O)c1ccc2[nH]cc(C3CCN(Cc4ncccc4F)CC3)c2c1. The van der Waals surface area contributed by atoms with Crippen LogP contribution >= 0.6 is 0 Å². The van der Waals surface area contributed by atoms with Crippen LogP contribution in [0.1, 0.15) is 40.4 Å². The van der Waals surface area contributed by atoms with Gasteiger partial charge in [0.25, 0.3) is 0 Å². The molecule has 1 aliphatic rings. The van der Waals surface area contributed by atoms with Crippen LogP contribution in [0.4, 0.5) is 4.39 Å². The van der Waals surface area contributed by atoms with Crippen molar-refractivity contribution in [2.45, 2.75) is 25.3 Å². The number of carbonyl (C=O) groups excluding carboxylic acids is 1. The lowest BCUT2D eigenvalue weighted by atomic mass is 9.89. The molecule has 1 N–H and O–H groups in total. The van der Waals surface area contributed by atoms with Gasteiger partial charge in [-0.05, 0) is 67.7 Å². The predicted octanol–water partition coefficient (Wildman–Crippen LogP) is 3.87. The van der Waals surface area contributed by atoms with Gasteiger partial charge in [-0.2, -0.15) is 0 Å². The quantitative estimate of drug-likeness (QED) is 0.711. The van der Waals surface area contributed by atoms with E-state index in [1.54, 1.807) is 18.3 Å². The highest BCUT2D eigenvalue weighted by Gasteiger charge is 2.24. The molecule has 3 heterocycles. The number of hydrogen-bond acceptors (Lipinski definition) is 4. The van der Waals surface area contributed by atoms with Gasteiger partial charge in [0, 0.05) is 29.8 Å². The largest absolute Gasteiger partial charge is 0.465 e. The molecule has 1 aliphatic heterocycles. The van der Waals surface area contributed by atoms with Gasteiger partial charge in [0.15, 0.2) is 0 Å². The Morgan fingerprint density at radius 2 is 2.15 bits per heavy atom. The molecule has 0 spiro atoms. The number of halogens is 1. The van der Waals surface area contributed by atoms with Crippen molar-refractivity contribution in [2.24, 2.45) is 0 Å². The topological polar surface area (TPSA) is 58.2 Å². The van der Waals surface area contributed by atoms with Crippen molar-refractivity contribution in [3.8, 4) is 0 Å². The van der Waals surface area contributed by atoms with E-state index < -0.39 is 0 Å². The summed E-state index contributed by atoms with van der Waals surface area (Å²) < 4.78 is 18.7. The number of rotatable bonds is 4. The summed E-state index contributed by atoms with van der Waals surface area (Å²) in [5.41, 5.74) is 3.33. The first-order valence-electron chi connectivity index (χ1n) is 9.17. The van der Waals surface area contributed by atoms with E-state index >= 15 is 0 Å². The molecule has 0 amide bonds. The number of nitrogens with zero attached hydrogens (tertiary/aromatic N) is 2. The minimum Gasteiger partial charge on any atom is -0.465 e. The monoisotopic (exact) mass is 367 g/mol. The smallest absolute Gasteiger partial charge is 0.337 e. The zero-order valence-corrected chi connectivity index (χ0v) is 15.2. The predicted molar refractivity (Wildman–Crippen MR) is 101 cm³/mol. The number of pyridine rings is 1. The second-order valence-electron chi connectivity index (χ2n) is 6.98. The van der Waals surface area contributed by atoms with Gasteiger partial charge in [0.1, 0.15) is 5.82 Å². The molecule has 0 atom stereocenters. The third-order valence-corrected chi connectivity index (χ3v) is 5.37. The Morgan fingerprint density at radius 1 is 1.33 bits per heavy atom. The zero-order chi connectivity index (χ0) is 18.8. The van der Waals surface area contributed by atoms with Crippen molar-refractivity contribution >= 4 is 16.9 Å². The number of aromatic amines is 1. The molecule has 1 saturated heterocycles. The highest BCUT2D eigenvalue weighted by atomic mass is 19.1. The standard InChI is InChI=1S/C21H22FN3O2/c1-27-21(26)15-4-5-19-16(11-15)17(12-24-19)14-6-9-25(10-7-14)13-20-18(22)3-2-8-23-20/h2-5,8,11-12,14,24H,6-7,9-10,13H2,1H3. The molecule has 4 rings (SSSR count). The third kappa shape index (κ3) is 3.57. The Kier molecular flexibility index (Phi) is 4.90. The first kappa shape index (κ1) is 17.7. The fraction of sp³-hybridized carbons (Fsp3) is 0.333. The van der Waals surface area contributed by atoms with Crippen molar-refractivity contribution in [1.82, 2.24) is 14.9 Å². The van der Waals surface area contributed by atoms with E-state index in [-0.39, 0.29) is 11.8 Å². The first-order valence-corrected chi connectivity index (χ1v) is 9.17. The molecular weight excluding hydrogens is 345 g/mol. The second kappa shape index (κ2) is 7.48. The van der Waals surface area contributed by atoms with E-state index in [2.05, 4.69) is 14.9 Å². The van der Waals surface area contributed by atoms with Crippen molar-refractivity contribution in [3.63, 3.8) is 0 Å². The molecule has 0 unspecified atom stereocenters. The lowest BCUT2D eigenvalue weighted by Crippen LogP contribution is -2.33. The highest BCUT2D eigenvalue weighted by Crippen LogP contribution is 2.34. The Bertz CT molecular complexity index is 961. The van der Waals surface area contributed by atoms with Crippen molar-refractivity contribution in [2.75, 3.05) is 20.2 Å². The van der Waals surface area contributed by atoms with Crippen LogP contribution in [-0.4, -0.2) is 41.0 Å². The Balaban J connectivity index is 1.48. The van der Waals surface area contributed by atoms with Gasteiger partial charge in [0.2, 0.25) is 0 Å². The molecule has 1 fully saturated rings. The maximum atomic E-state index is 13.8. The minimum atomic E-state index is -0.323. The molecule has 0 bridgehead atoms. The summed E-state index contributed by atoms with van der Waals surface area (Å²) >= 11 is 0. The molecule has 5 nitrogen and oxygen atoms in total. The number of methoxy groups -OCH3 is 1. The Hall–Kier alpha value is -2.73. The van der Waals surface area contributed by atoms with Crippen LogP contribution in [-0.2, 0) is 11.3 Å². The van der Waals surface area contributed by atoms with Crippen LogP contribution in [0.3, 0.4) is 0 Å². The number of aromatic nitrogens is 2. The third-order valence-electron chi connectivity index (χ3n) is 5.37. The van der Waals surface area contributed by atoms with Gasteiger partial charge in [-0.1, -0.05) is 0 Å². The number of nitrogens with one attached hydrogen (secondary N) is 1. The normalized spacial score (nSPS) is 15.9. The fourth-order valence-corrected chi connectivity index (χ4v) is 3.87. The van der Waals surface area contributed by atoms with E-state index in [1.165, 1.54) is 18.7 Å².